The Labute approximate surface area is 142 Å². The molecule has 0 radical (unpaired) electrons. The van der Waals surface area contributed by atoms with Gasteiger partial charge in [-0.25, -0.2) is 4.79 Å². The Morgan fingerprint density at radius 1 is 1.26 bits per heavy atom. The van der Waals surface area contributed by atoms with Crippen molar-refractivity contribution < 1.29 is 18.8 Å². The second kappa shape index (κ2) is 7.36. The van der Waals surface area contributed by atoms with Gasteiger partial charge in [-0.1, -0.05) is 32.9 Å². The van der Waals surface area contributed by atoms with E-state index in [1.807, 2.05) is 32.9 Å². The van der Waals surface area contributed by atoms with E-state index in [0.29, 0.717) is 19.6 Å². The fraction of sp³-hybridized carbons (Fsp3) is 0.824. The summed E-state index contributed by atoms with van der Waals surface area (Å²) in [6.45, 7) is 17.6. The molecule has 0 aromatic rings. The fourth-order valence-corrected chi connectivity index (χ4v) is 2.93. The Hall–Kier alpha value is -0.853. The van der Waals surface area contributed by atoms with E-state index in [-0.39, 0.29) is 11.1 Å². The molecule has 0 N–H and O–H groups in total. The van der Waals surface area contributed by atoms with Crippen molar-refractivity contribution in [2.24, 2.45) is 0 Å². The summed E-state index contributed by atoms with van der Waals surface area (Å²) in [6, 6.07) is -0.150. The van der Waals surface area contributed by atoms with Gasteiger partial charge in [0.05, 0.1) is 12.6 Å². The molecule has 23 heavy (non-hydrogen) atoms. The van der Waals surface area contributed by atoms with Gasteiger partial charge in [0, 0.05) is 6.61 Å². The smallest absolute Gasteiger partial charge is 0.435 e. The van der Waals surface area contributed by atoms with Crippen molar-refractivity contribution in [3.63, 3.8) is 0 Å². The molecular formula is C17H33NO4Si. The lowest BCUT2D eigenvalue weighted by Crippen LogP contribution is -2.46. The van der Waals surface area contributed by atoms with Crippen LogP contribution in [-0.4, -0.2) is 44.3 Å². The van der Waals surface area contributed by atoms with Crippen LogP contribution in [0.2, 0.25) is 18.1 Å². The highest BCUT2D eigenvalue weighted by atomic mass is 28.4. The van der Waals surface area contributed by atoms with E-state index in [2.05, 4.69) is 33.9 Å². The first-order valence-electron chi connectivity index (χ1n) is 8.29. The highest BCUT2D eigenvalue weighted by Gasteiger charge is 2.37. The third-order valence-corrected chi connectivity index (χ3v) is 8.76. The third kappa shape index (κ3) is 6.28. The molecule has 1 amide bonds. The molecule has 0 aromatic heterocycles. The zero-order valence-electron chi connectivity index (χ0n) is 15.9. The van der Waals surface area contributed by atoms with E-state index >= 15 is 0 Å². The standard InChI is InChI=1S/C17H33NO4Si/c1-16(2,3)22-15(19)18-14(10-9-12-20-18)11-13-21-23(7,8)17(4,5)6/h9-10,14H,11-13H2,1-8H3. The fourth-order valence-electron chi connectivity index (χ4n) is 1.87. The van der Waals surface area contributed by atoms with Crippen molar-refractivity contribution in [1.29, 1.82) is 0 Å². The molecule has 5 nitrogen and oxygen atoms in total. The Morgan fingerprint density at radius 3 is 2.39 bits per heavy atom. The zero-order valence-corrected chi connectivity index (χ0v) is 16.9. The molecule has 6 heteroatoms. The third-order valence-electron chi connectivity index (χ3n) is 4.23. The Kier molecular flexibility index (Phi) is 6.46. The Bertz CT molecular complexity index is 435. The van der Waals surface area contributed by atoms with E-state index in [1.165, 1.54) is 5.06 Å². The number of amides is 1. The minimum absolute atomic E-state index is 0.150. The quantitative estimate of drug-likeness (QED) is 0.557. The van der Waals surface area contributed by atoms with E-state index < -0.39 is 20.0 Å². The van der Waals surface area contributed by atoms with Gasteiger partial charge in [0.15, 0.2) is 8.32 Å². The number of carbonyl (C=O) groups is 1. The molecule has 1 aliphatic heterocycles. The van der Waals surface area contributed by atoms with E-state index in [0.717, 1.165) is 0 Å². The maximum Gasteiger partial charge on any atom is 0.435 e. The SMILES string of the molecule is CC(C)(C)OC(=O)N1OCC=CC1CCO[Si](C)(C)C(C)(C)C. The largest absolute Gasteiger partial charge is 0.442 e. The number of rotatable bonds is 4. The van der Waals surface area contributed by atoms with Gasteiger partial charge >= 0.3 is 6.09 Å². The molecule has 1 unspecified atom stereocenters. The molecule has 1 rings (SSSR count). The Balaban J connectivity index is 2.61. The average molecular weight is 344 g/mol. The summed E-state index contributed by atoms with van der Waals surface area (Å²) in [6.07, 6.45) is 4.17. The monoisotopic (exact) mass is 343 g/mol. The van der Waals surface area contributed by atoms with Gasteiger partial charge < -0.3 is 9.16 Å². The molecule has 0 fully saturated rings. The lowest BCUT2D eigenvalue weighted by Gasteiger charge is -2.37. The normalized spacial score (nSPS) is 19.8. The van der Waals surface area contributed by atoms with Crippen LogP contribution in [-0.2, 0) is 14.0 Å². The lowest BCUT2D eigenvalue weighted by molar-refractivity contribution is -0.161. The number of nitrogens with zero attached hydrogens (tertiary/aromatic N) is 1. The second-order valence-corrected chi connectivity index (χ2v) is 13.3. The number of hydroxylamine groups is 2. The van der Waals surface area contributed by atoms with E-state index in [1.54, 1.807) is 0 Å². The van der Waals surface area contributed by atoms with Gasteiger partial charge in [0.2, 0.25) is 0 Å². The number of hydrogen-bond acceptors (Lipinski definition) is 4. The van der Waals surface area contributed by atoms with Gasteiger partial charge in [0.1, 0.15) is 5.60 Å². The van der Waals surface area contributed by atoms with Gasteiger partial charge in [-0.2, -0.15) is 5.06 Å². The molecule has 1 heterocycles. The summed E-state index contributed by atoms with van der Waals surface area (Å²) >= 11 is 0. The highest BCUT2D eigenvalue weighted by Crippen LogP contribution is 2.36. The van der Waals surface area contributed by atoms with Crippen molar-refractivity contribution in [3.05, 3.63) is 12.2 Å². The predicted molar refractivity (Wildman–Crippen MR) is 94.7 cm³/mol. The second-order valence-electron chi connectivity index (χ2n) is 8.49. The first-order valence-corrected chi connectivity index (χ1v) is 11.2. The minimum atomic E-state index is -1.78. The molecule has 134 valence electrons. The molecule has 0 saturated heterocycles. The minimum Gasteiger partial charge on any atom is -0.442 e. The predicted octanol–water partition coefficient (Wildman–Crippen LogP) is 4.51. The molecule has 0 bridgehead atoms. The zero-order chi connectivity index (χ0) is 17.9. The molecule has 1 atom stereocenters. The molecule has 0 spiro atoms. The van der Waals surface area contributed by atoms with Crippen LogP contribution in [0.5, 0.6) is 0 Å². The Morgan fingerprint density at radius 2 is 1.87 bits per heavy atom. The highest BCUT2D eigenvalue weighted by molar-refractivity contribution is 6.74. The van der Waals surface area contributed by atoms with Crippen LogP contribution in [0.4, 0.5) is 4.79 Å². The maximum absolute atomic E-state index is 12.3. The first kappa shape index (κ1) is 20.2. The van der Waals surface area contributed by atoms with Crippen LogP contribution in [0.15, 0.2) is 12.2 Å². The summed E-state index contributed by atoms with van der Waals surface area (Å²) in [5.41, 5.74) is -0.538. The summed E-state index contributed by atoms with van der Waals surface area (Å²) in [4.78, 5) is 17.7. The summed E-state index contributed by atoms with van der Waals surface area (Å²) in [7, 11) is -1.78. The van der Waals surface area contributed by atoms with Gasteiger partial charge in [-0.3, -0.25) is 4.84 Å². The van der Waals surface area contributed by atoms with Crippen LogP contribution in [0.3, 0.4) is 0 Å². The maximum atomic E-state index is 12.3. The number of carbonyl (C=O) groups excluding carboxylic acids is 1. The average Bonchev–Trinajstić information content (AvgIpc) is 2.35. The molecule has 0 aliphatic carbocycles. The number of ether oxygens (including phenoxy) is 1. The van der Waals surface area contributed by atoms with Crippen LogP contribution < -0.4 is 0 Å². The van der Waals surface area contributed by atoms with Gasteiger partial charge in [-0.15, -0.1) is 0 Å². The first-order chi connectivity index (χ1) is 10.3. The van der Waals surface area contributed by atoms with Crippen molar-refractivity contribution in [2.75, 3.05) is 13.2 Å². The van der Waals surface area contributed by atoms with Crippen LogP contribution in [0.25, 0.3) is 0 Å². The number of hydrogen-bond donors (Lipinski definition) is 0. The van der Waals surface area contributed by atoms with Crippen molar-refractivity contribution >= 4 is 14.4 Å². The lowest BCUT2D eigenvalue weighted by atomic mass is 10.2. The van der Waals surface area contributed by atoms with E-state index in [4.69, 9.17) is 14.0 Å². The van der Waals surface area contributed by atoms with Crippen LogP contribution in [0.1, 0.15) is 48.0 Å². The molecule has 1 aliphatic rings. The molecule has 0 saturated carbocycles. The van der Waals surface area contributed by atoms with Gasteiger partial charge in [0.25, 0.3) is 0 Å². The van der Waals surface area contributed by atoms with Crippen molar-refractivity contribution in [3.8, 4) is 0 Å². The molecular weight excluding hydrogens is 310 g/mol. The van der Waals surface area contributed by atoms with Crippen molar-refractivity contribution in [2.45, 2.75) is 77.7 Å². The summed E-state index contributed by atoms with van der Waals surface area (Å²) in [5.74, 6) is 0. The van der Waals surface area contributed by atoms with Gasteiger partial charge in [-0.05, 0) is 45.3 Å². The topological polar surface area (TPSA) is 48.0 Å². The summed E-state index contributed by atoms with van der Waals surface area (Å²) in [5, 5.41) is 1.51. The van der Waals surface area contributed by atoms with Crippen LogP contribution >= 0.6 is 0 Å². The molecule has 0 aromatic carbocycles. The van der Waals surface area contributed by atoms with Crippen molar-refractivity contribution in [1.82, 2.24) is 5.06 Å². The summed E-state index contributed by atoms with van der Waals surface area (Å²) < 4.78 is 11.6. The van der Waals surface area contributed by atoms with E-state index in [9.17, 15) is 4.79 Å². The van der Waals surface area contributed by atoms with Crippen LogP contribution in [0, 0.1) is 0 Å².